The van der Waals surface area contributed by atoms with E-state index in [1.165, 1.54) is 12.8 Å². The molecule has 5 heteroatoms. The molecular weight excluding hydrogens is 332 g/mol. The maximum Gasteiger partial charge on any atom is 0.228 e. The molecule has 0 fully saturated rings. The second-order valence-corrected chi connectivity index (χ2v) is 6.85. The van der Waals surface area contributed by atoms with Gasteiger partial charge in [0, 0.05) is 5.69 Å². The van der Waals surface area contributed by atoms with E-state index in [1.807, 2.05) is 48.0 Å². The molecule has 1 aromatic heterocycles. The lowest BCUT2D eigenvalue weighted by molar-refractivity contribution is -0.115. The average Bonchev–Trinajstić information content (AvgIpc) is 3.07. The number of hydrogen-bond donors (Lipinski definition) is 1. The van der Waals surface area contributed by atoms with E-state index in [1.54, 1.807) is 11.3 Å². The van der Waals surface area contributed by atoms with E-state index < -0.39 is 0 Å². The van der Waals surface area contributed by atoms with Gasteiger partial charge in [-0.3, -0.25) is 4.79 Å². The maximum absolute atomic E-state index is 12.3. The Morgan fingerprint density at radius 1 is 1.20 bits per heavy atom. The lowest BCUT2D eigenvalue weighted by Gasteiger charge is -2.09. The van der Waals surface area contributed by atoms with Gasteiger partial charge in [-0.05, 0) is 42.3 Å². The van der Waals surface area contributed by atoms with E-state index in [-0.39, 0.29) is 5.91 Å². The lowest BCUT2D eigenvalue weighted by atomic mass is 10.1. The van der Waals surface area contributed by atoms with Crippen molar-refractivity contribution in [2.45, 2.75) is 32.6 Å². The van der Waals surface area contributed by atoms with Gasteiger partial charge in [-0.2, -0.15) is 0 Å². The normalized spacial score (nSPS) is 10.8. The van der Waals surface area contributed by atoms with Crippen molar-refractivity contribution in [1.29, 1.82) is 0 Å². The van der Waals surface area contributed by atoms with Gasteiger partial charge >= 0.3 is 0 Å². The number of hydrogen-bond acceptors (Lipinski definition) is 4. The minimum atomic E-state index is -0.0352. The molecule has 25 heavy (non-hydrogen) atoms. The number of benzene rings is 2. The summed E-state index contributed by atoms with van der Waals surface area (Å²) in [6, 6.07) is 13.5. The molecule has 0 radical (unpaired) electrons. The monoisotopic (exact) mass is 354 g/mol. The highest BCUT2D eigenvalue weighted by Gasteiger charge is 2.07. The van der Waals surface area contributed by atoms with Crippen molar-refractivity contribution in [2.75, 3.05) is 11.9 Å². The third-order valence-electron chi connectivity index (χ3n) is 3.89. The van der Waals surface area contributed by atoms with E-state index in [2.05, 4.69) is 17.2 Å². The summed E-state index contributed by atoms with van der Waals surface area (Å²) in [5, 5.41) is 2.95. The SMILES string of the molecule is CCCCCOc1cccc(CC(=O)Nc2ccc3ncsc3c2)c1. The van der Waals surface area contributed by atoms with Crippen LogP contribution in [0.1, 0.15) is 31.7 Å². The van der Waals surface area contributed by atoms with Crippen LogP contribution in [0.5, 0.6) is 5.75 Å². The highest BCUT2D eigenvalue weighted by Crippen LogP contribution is 2.22. The van der Waals surface area contributed by atoms with E-state index in [0.29, 0.717) is 6.42 Å². The molecule has 0 bridgehead atoms. The molecule has 3 aromatic rings. The highest BCUT2D eigenvalue weighted by atomic mass is 32.1. The number of unbranched alkanes of at least 4 members (excludes halogenated alkanes) is 2. The predicted octanol–water partition coefficient (Wildman–Crippen LogP) is 5.05. The fraction of sp³-hybridized carbons (Fsp3) is 0.300. The van der Waals surface area contributed by atoms with Crippen molar-refractivity contribution < 1.29 is 9.53 Å². The van der Waals surface area contributed by atoms with Gasteiger partial charge in [-0.15, -0.1) is 11.3 Å². The molecule has 0 spiro atoms. The number of ether oxygens (including phenoxy) is 1. The molecule has 1 heterocycles. The van der Waals surface area contributed by atoms with Crippen molar-refractivity contribution in [3.05, 3.63) is 53.5 Å². The second kappa shape index (κ2) is 8.62. The summed E-state index contributed by atoms with van der Waals surface area (Å²) in [5.41, 5.74) is 4.51. The molecule has 0 aliphatic heterocycles. The summed E-state index contributed by atoms with van der Waals surface area (Å²) in [4.78, 5) is 16.5. The predicted molar refractivity (Wildman–Crippen MR) is 103 cm³/mol. The van der Waals surface area contributed by atoms with Crippen LogP contribution in [-0.2, 0) is 11.2 Å². The number of anilines is 1. The van der Waals surface area contributed by atoms with Crippen LogP contribution in [0.25, 0.3) is 10.2 Å². The number of fused-ring (bicyclic) bond motifs is 1. The number of nitrogens with one attached hydrogen (secondary N) is 1. The number of aromatic nitrogens is 1. The van der Waals surface area contributed by atoms with E-state index >= 15 is 0 Å². The highest BCUT2D eigenvalue weighted by molar-refractivity contribution is 7.16. The lowest BCUT2D eigenvalue weighted by Crippen LogP contribution is -2.14. The molecule has 0 saturated heterocycles. The fourth-order valence-corrected chi connectivity index (χ4v) is 3.33. The van der Waals surface area contributed by atoms with Crippen LogP contribution in [-0.4, -0.2) is 17.5 Å². The number of carbonyl (C=O) groups is 1. The summed E-state index contributed by atoms with van der Waals surface area (Å²) in [6.07, 6.45) is 3.73. The van der Waals surface area contributed by atoms with Crippen molar-refractivity contribution in [1.82, 2.24) is 4.98 Å². The number of amides is 1. The third-order valence-corrected chi connectivity index (χ3v) is 4.69. The van der Waals surface area contributed by atoms with Gasteiger partial charge in [0.15, 0.2) is 0 Å². The van der Waals surface area contributed by atoms with Crippen LogP contribution in [0.2, 0.25) is 0 Å². The van der Waals surface area contributed by atoms with Gasteiger partial charge in [-0.25, -0.2) is 4.98 Å². The molecule has 130 valence electrons. The molecule has 3 rings (SSSR count). The van der Waals surface area contributed by atoms with Gasteiger partial charge in [0.1, 0.15) is 5.75 Å². The summed E-state index contributed by atoms with van der Waals surface area (Å²) in [5.74, 6) is 0.791. The average molecular weight is 354 g/mol. The Morgan fingerprint density at radius 2 is 2.12 bits per heavy atom. The quantitative estimate of drug-likeness (QED) is 0.576. The number of nitrogens with zero attached hydrogens (tertiary/aromatic N) is 1. The zero-order valence-electron chi connectivity index (χ0n) is 14.3. The van der Waals surface area contributed by atoms with Crippen LogP contribution in [0.3, 0.4) is 0 Å². The fourth-order valence-electron chi connectivity index (χ4n) is 2.61. The maximum atomic E-state index is 12.3. The number of rotatable bonds is 8. The van der Waals surface area contributed by atoms with Crippen LogP contribution in [0, 0.1) is 0 Å². The smallest absolute Gasteiger partial charge is 0.228 e. The van der Waals surface area contributed by atoms with Gasteiger partial charge in [-0.1, -0.05) is 31.9 Å². The number of thiazole rings is 1. The minimum Gasteiger partial charge on any atom is -0.494 e. The molecule has 0 aliphatic rings. The van der Waals surface area contributed by atoms with Crippen LogP contribution < -0.4 is 10.1 Å². The molecular formula is C20H22N2O2S. The first-order valence-electron chi connectivity index (χ1n) is 8.59. The standard InChI is InChI=1S/C20H22N2O2S/c1-2-3-4-10-24-17-7-5-6-15(11-17)12-20(23)22-16-8-9-18-19(13-16)25-14-21-18/h5-9,11,13-14H,2-4,10,12H2,1H3,(H,22,23). The summed E-state index contributed by atoms with van der Waals surface area (Å²) in [6.45, 7) is 2.89. The van der Waals surface area contributed by atoms with E-state index in [4.69, 9.17) is 4.74 Å². The molecule has 1 N–H and O–H groups in total. The molecule has 4 nitrogen and oxygen atoms in total. The van der Waals surface area contributed by atoms with Gasteiger partial charge < -0.3 is 10.1 Å². The van der Waals surface area contributed by atoms with Crippen molar-refractivity contribution in [3.8, 4) is 5.75 Å². The van der Waals surface area contributed by atoms with Gasteiger partial charge in [0.2, 0.25) is 5.91 Å². The van der Waals surface area contributed by atoms with Crippen molar-refractivity contribution >= 4 is 33.1 Å². The Hall–Kier alpha value is -2.40. The summed E-state index contributed by atoms with van der Waals surface area (Å²) >= 11 is 1.57. The number of carbonyl (C=O) groups excluding carboxylic acids is 1. The van der Waals surface area contributed by atoms with Gasteiger partial charge in [0.05, 0.1) is 28.8 Å². The first-order chi connectivity index (χ1) is 12.2. The Bertz CT molecular complexity index is 844. The Balaban J connectivity index is 1.56. The topological polar surface area (TPSA) is 51.2 Å². The summed E-state index contributed by atoms with van der Waals surface area (Å²) < 4.78 is 6.82. The van der Waals surface area contributed by atoms with E-state index in [0.717, 1.165) is 40.2 Å². The minimum absolute atomic E-state index is 0.0352. The van der Waals surface area contributed by atoms with Gasteiger partial charge in [0.25, 0.3) is 0 Å². The zero-order chi connectivity index (χ0) is 17.5. The Kier molecular flexibility index (Phi) is 6.01. The van der Waals surface area contributed by atoms with Crippen LogP contribution in [0.4, 0.5) is 5.69 Å². The molecule has 0 atom stereocenters. The Morgan fingerprint density at radius 3 is 3.00 bits per heavy atom. The third kappa shape index (κ3) is 5.03. The first kappa shape index (κ1) is 17.4. The van der Waals surface area contributed by atoms with E-state index in [9.17, 15) is 4.79 Å². The van der Waals surface area contributed by atoms with Crippen molar-refractivity contribution in [2.24, 2.45) is 0 Å². The summed E-state index contributed by atoms with van der Waals surface area (Å²) in [7, 11) is 0. The second-order valence-electron chi connectivity index (χ2n) is 5.96. The first-order valence-corrected chi connectivity index (χ1v) is 9.47. The largest absolute Gasteiger partial charge is 0.494 e. The molecule has 0 aliphatic carbocycles. The van der Waals surface area contributed by atoms with Crippen molar-refractivity contribution in [3.63, 3.8) is 0 Å². The molecule has 2 aromatic carbocycles. The molecule has 0 saturated carbocycles. The van der Waals surface area contributed by atoms with Crippen LogP contribution >= 0.6 is 11.3 Å². The zero-order valence-corrected chi connectivity index (χ0v) is 15.1. The van der Waals surface area contributed by atoms with Crippen LogP contribution in [0.15, 0.2) is 48.0 Å². The molecule has 1 amide bonds. The Labute approximate surface area is 151 Å². The molecule has 0 unspecified atom stereocenters.